The quantitative estimate of drug-likeness (QED) is 0.741. The van der Waals surface area contributed by atoms with E-state index in [1.807, 2.05) is 17.5 Å². The van der Waals surface area contributed by atoms with Crippen molar-refractivity contribution in [1.82, 2.24) is 10.3 Å². The van der Waals surface area contributed by atoms with E-state index in [-0.39, 0.29) is 0 Å². The van der Waals surface area contributed by atoms with Gasteiger partial charge in [0.05, 0.1) is 0 Å². The Morgan fingerprint density at radius 2 is 2.17 bits per heavy atom. The molecule has 1 N–H and O–H groups in total. The second kappa shape index (κ2) is 8.48. The van der Waals surface area contributed by atoms with Crippen LogP contribution in [-0.4, -0.2) is 24.1 Å². The molecule has 0 aliphatic carbocycles. The summed E-state index contributed by atoms with van der Waals surface area (Å²) in [5.74, 6) is 0. The lowest BCUT2D eigenvalue weighted by atomic mass is 10.2. The highest BCUT2D eigenvalue weighted by molar-refractivity contribution is 7.15. The fourth-order valence-corrected chi connectivity index (χ4v) is 2.82. The average Bonchev–Trinajstić information content (AvgIpc) is 2.85. The summed E-state index contributed by atoms with van der Waals surface area (Å²) >= 11 is 1.83. The van der Waals surface area contributed by atoms with Crippen LogP contribution in [0.15, 0.2) is 6.20 Å². The fraction of sp³-hybridized carbons (Fsp3) is 0.786. The van der Waals surface area contributed by atoms with Gasteiger partial charge in [-0.2, -0.15) is 0 Å². The van der Waals surface area contributed by atoms with Crippen LogP contribution in [0.25, 0.3) is 0 Å². The van der Waals surface area contributed by atoms with Crippen molar-refractivity contribution in [3.63, 3.8) is 0 Å². The van der Waals surface area contributed by atoms with Gasteiger partial charge in [0.2, 0.25) is 0 Å². The lowest BCUT2D eigenvalue weighted by Gasteiger charge is -2.28. The van der Waals surface area contributed by atoms with Crippen LogP contribution in [0.5, 0.6) is 0 Å². The van der Waals surface area contributed by atoms with E-state index in [1.165, 1.54) is 29.3 Å². The van der Waals surface area contributed by atoms with Gasteiger partial charge in [0.15, 0.2) is 5.13 Å². The van der Waals surface area contributed by atoms with Crippen molar-refractivity contribution >= 4 is 16.5 Å². The molecule has 1 unspecified atom stereocenters. The average molecular weight is 269 g/mol. The number of nitrogens with one attached hydrogen (secondary N) is 1. The molecule has 18 heavy (non-hydrogen) atoms. The molecule has 0 bridgehead atoms. The van der Waals surface area contributed by atoms with Crippen molar-refractivity contribution in [3.05, 3.63) is 11.1 Å². The van der Waals surface area contributed by atoms with Gasteiger partial charge in [-0.1, -0.05) is 27.2 Å². The SMILES string of the molecule is CCCCN(c1ncc(CNCC)s1)C(C)CC. The third-order valence-electron chi connectivity index (χ3n) is 3.21. The van der Waals surface area contributed by atoms with E-state index in [4.69, 9.17) is 0 Å². The standard InChI is InChI=1S/C14H27N3S/c1-5-8-9-17(12(4)6-2)14-16-11-13(18-14)10-15-7-3/h11-12,15H,5-10H2,1-4H3. The van der Waals surface area contributed by atoms with Gasteiger partial charge < -0.3 is 10.2 Å². The van der Waals surface area contributed by atoms with Crippen LogP contribution in [-0.2, 0) is 6.54 Å². The first kappa shape index (κ1) is 15.4. The molecule has 1 atom stereocenters. The number of nitrogens with zero attached hydrogens (tertiary/aromatic N) is 2. The molecule has 0 aliphatic rings. The number of anilines is 1. The molecular formula is C14H27N3S. The number of rotatable bonds is 9. The van der Waals surface area contributed by atoms with Crippen molar-refractivity contribution in [1.29, 1.82) is 0 Å². The molecule has 3 nitrogen and oxygen atoms in total. The Balaban J connectivity index is 2.68. The maximum atomic E-state index is 4.60. The van der Waals surface area contributed by atoms with Gasteiger partial charge >= 0.3 is 0 Å². The topological polar surface area (TPSA) is 28.2 Å². The molecule has 0 aromatic carbocycles. The van der Waals surface area contributed by atoms with E-state index >= 15 is 0 Å². The molecule has 1 heterocycles. The molecule has 0 saturated heterocycles. The molecule has 4 heteroatoms. The molecule has 1 aromatic heterocycles. The predicted octanol–water partition coefficient (Wildman–Crippen LogP) is 3.66. The lowest BCUT2D eigenvalue weighted by molar-refractivity contribution is 0.594. The van der Waals surface area contributed by atoms with E-state index in [0.717, 1.165) is 19.6 Å². The zero-order valence-electron chi connectivity index (χ0n) is 12.2. The van der Waals surface area contributed by atoms with Crippen molar-refractivity contribution in [2.75, 3.05) is 18.0 Å². The summed E-state index contributed by atoms with van der Waals surface area (Å²) in [4.78, 5) is 8.39. The Labute approximate surface area is 116 Å². The minimum Gasteiger partial charge on any atom is -0.345 e. The van der Waals surface area contributed by atoms with Crippen LogP contribution in [0.1, 0.15) is 51.8 Å². The van der Waals surface area contributed by atoms with Crippen LogP contribution >= 0.6 is 11.3 Å². The third kappa shape index (κ3) is 4.58. The number of hydrogen-bond acceptors (Lipinski definition) is 4. The number of thiazole rings is 1. The summed E-state index contributed by atoms with van der Waals surface area (Å²) in [7, 11) is 0. The van der Waals surface area contributed by atoms with Crippen LogP contribution in [0.2, 0.25) is 0 Å². The zero-order chi connectivity index (χ0) is 13.4. The minimum atomic E-state index is 0.578. The molecular weight excluding hydrogens is 242 g/mol. The van der Waals surface area contributed by atoms with Gasteiger partial charge in [0, 0.05) is 30.2 Å². The van der Waals surface area contributed by atoms with E-state index in [0.29, 0.717) is 6.04 Å². The fourth-order valence-electron chi connectivity index (χ4n) is 1.81. The predicted molar refractivity (Wildman–Crippen MR) is 81.5 cm³/mol. The number of unbranched alkanes of at least 4 members (excludes halogenated alkanes) is 1. The Kier molecular flexibility index (Phi) is 7.28. The molecule has 0 saturated carbocycles. The first-order valence-electron chi connectivity index (χ1n) is 7.14. The highest BCUT2D eigenvalue weighted by atomic mass is 32.1. The molecule has 0 aliphatic heterocycles. The van der Waals surface area contributed by atoms with Crippen molar-refractivity contribution < 1.29 is 0 Å². The van der Waals surface area contributed by atoms with Gasteiger partial charge in [-0.05, 0) is 26.3 Å². The maximum Gasteiger partial charge on any atom is 0.185 e. The van der Waals surface area contributed by atoms with Crippen molar-refractivity contribution in [2.24, 2.45) is 0 Å². The molecule has 0 amide bonds. The Morgan fingerprint density at radius 1 is 1.39 bits per heavy atom. The Hall–Kier alpha value is -0.610. The van der Waals surface area contributed by atoms with E-state index in [2.05, 4.69) is 42.9 Å². The highest BCUT2D eigenvalue weighted by Gasteiger charge is 2.15. The van der Waals surface area contributed by atoms with Gasteiger partial charge in [-0.3, -0.25) is 0 Å². The highest BCUT2D eigenvalue weighted by Crippen LogP contribution is 2.25. The van der Waals surface area contributed by atoms with E-state index in [1.54, 1.807) is 0 Å². The molecule has 1 rings (SSSR count). The van der Waals surface area contributed by atoms with Gasteiger partial charge in [0.25, 0.3) is 0 Å². The largest absolute Gasteiger partial charge is 0.345 e. The summed E-state index contributed by atoms with van der Waals surface area (Å²) in [5, 5.41) is 4.54. The Morgan fingerprint density at radius 3 is 2.78 bits per heavy atom. The minimum absolute atomic E-state index is 0.578. The van der Waals surface area contributed by atoms with Crippen LogP contribution in [0, 0.1) is 0 Å². The summed E-state index contributed by atoms with van der Waals surface area (Å²) in [6.07, 6.45) is 5.67. The lowest BCUT2D eigenvalue weighted by Crippen LogP contribution is -2.33. The molecule has 0 radical (unpaired) electrons. The second-order valence-electron chi connectivity index (χ2n) is 4.69. The first-order valence-corrected chi connectivity index (χ1v) is 7.96. The third-order valence-corrected chi connectivity index (χ3v) is 4.25. The van der Waals surface area contributed by atoms with Gasteiger partial charge in [-0.25, -0.2) is 4.98 Å². The molecule has 1 aromatic rings. The Bertz CT molecular complexity index is 325. The van der Waals surface area contributed by atoms with E-state index in [9.17, 15) is 0 Å². The summed E-state index contributed by atoms with van der Waals surface area (Å²) in [5.41, 5.74) is 0. The van der Waals surface area contributed by atoms with Crippen LogP contribution < -0.4 is 10.2 Å². The smallest absolute Gasteiger partial charge is 0.185 e. The van der Waals surface area contributed by atoms with Gasteiger partial charge in [-0.15, -0.1) is 11.3 Å². The molecule has 0 spiro atoms. The van der Waals surface area contributed by atoms with Crippen molar-refractivity contribution in [2.45, 2.75) is 59.5 Å². The normalized spacial score (nSPS) is 12.7. The summed E-state index contributed by atoms with van der Waals surface area (Å²) in [6.45, 7) is 12.0. The number of hydrogen-bond donors (Lipinski definition) is 1. The van der Waals surface area contributed by atoms with E-state index < -0.39 is 0 Å². The van der Waals surface area contributed by atoms with Gasteiger partial charge in [0.1, 0.15) is 0 Å². The van der Waals surface area contributed by atoms with Crippen LogP contribution in [0.3, 0.4) is 0 Å². The summed E-state index contributed by atoms with van der Waals surface area (Å²) < 4.78 is 0. The second-order valence-corrected chi connectivity index (χ2v) is 5.79. The first-order chi connectivity index (χ1) is 8.72. The number of aromatic nitrogens is 1. The van der Waals surface area contributed by atoms with Crippen molar-refractivity contribution in [3.8, 4) is 0 Å². The summed E-state index contributed by atoms with van der Waals surface area (Å²) in [6, 6.07) is 0.578. The maximum absolute atomic E-state index is 4.60. The monoisotopic (exact) mass is 269 g/mol. The molecule has 0 fully saturated rings. The van der Waals surface area contributed by atoms with Crippen LogP contribution in [0.4, 0.5) is 5.13 Å². The molecule has 104 valence electrons. The zero-order valence-corrected chi connectivity index (χ0v) is 13.0.